The van der Waals surface area contributed by atoms with Gasteiger partial charge in [-0.25, -0.2) is 0 Å². The largest absolute Gasteiger partial charge is 0.151 e. The maximum absolute atomic E-state index is 5.72. The third-order valence-corrected chi connectivity index (χ3v) is 1.50. The molecular formula is C8H7ClS. The molecule has 0 radical (unpaired) electrons. The Hall–Kier alpha value is -0.400. The van der Waals surface area contributed by atoms with E-state index in [2.05, 4.69) is 12.6 Å². The summed E-state index contributed by atoms with van der Waals surface area (Å²) in [5.74, 6) is 0. The van der Waals surface area contributed by atoms with Crippen LogP contribution < -0.4 is 0 Å². The molecule has 1 aromatic rings. The number of halogens is 1. The minimum Gasteiger partial charge on any atom is -0.151 e. The fourth-order valence-electron chi connectivity index (χ4n) is 0.696. The molecule has 0 amide bonds. The van der Waals surface area contributed by atoms with E-state index < -0.39 is 0 Å². The van der Waals surface area contributed by atoms with E-state index in [0.29, 0.717) is 0 Å². The van der Waals surface area contributed by atoms with E-state index in [-0.39, 0.29) is 0 Å². The summed E-state index contributed by atoms with van der Waals surface area (Å²) in [4.78, 5) is 0. The Balaban J connectivity index is 2.95. The molecule has 0 atom stereocenters. The molecule has 0 N–H and O–H groups in total. The van der Waals surface area contributed by atoms with Crippen molar-refractivity contribution in [2.75, 3.05) is 0 Å². The molecule has 0 heterocycles. The van der Waals surface area contributed by atoms with Crippen LogP contribution >= 0.6 is 24.2 Å². The third kappa shape index (κ3) is 2.09. The monoisotopic (exact) mass is 170 g/mol. The SMILES string of the molecule is SC=Cc1cccc(Cl)c1. The van der Waals surface area contributed by atoms with Crippen LogP contribution in [0.1, 0.15) is 5.56 Å². The standard InChI is InChI=1S/C8H7ClS/c9-8-3-1-2-7(6-8)4-5-10/h1-6,10H. The number of hydrogen-bond acceptors (Lipinski definition) is 1. The van der Waals surface area contributed by atoms with Gasteiger partial charge in [-0.3, -0.25) is 0 Å². The molecule has 0 fully saturated rings. The number of rotatable bonds is 1. The molecule has 0 aliphatic heterocycles. The summed E-state index contributed by atoms with van der Waals surface area (Å²) in [7, 11) is 0. The van der Waals surface area contributed by atoms with Gasteiger partial charge in [-0.05, 0) is 29.2 Å². The first-order valence-corrected chi connectivity index (χ1v) is 3.78. The molecule has 0 unspecified atom stereocenters. The van der Waals surface area contributed by atoms with Gasteiger partial charge in [0.05, 0.1) is 0 Å². The van der Waals surface area contributed by atoms with Gasteiger partial charge >= 0.3 is 0 Å². The molecule has 1 aromatic carbocycles. The lowest BCUT2D eigenvalue weighted by molar-refractivity contribution is 1.66. The van der Waals surface area contributed by atoms with Gasteiger partial charge in [-0.2, -0.15) is 12.6 Å². The highest BCUT2D eigenvalue weighted by molar-refractivity contribution is 7.83. The van der Waals surface area contributed by atoms with Crippen LogP contribution in [0.3, 0.4) is 0 Å². The van der Waals surface area contributed by atoms with Crippen LogP contribution in [0.4, 0.5) is 0 Å². The summed E-state index contributed by atoms with van der Waals surface area (Å²) in [6.07, 6.45) is 1.88. The van der Waals surface area contributed by atoms with E-state index in [9.17, 15) is 0 Å². The van der Waals surface area contributed by atoms with Crippen molar-refractivity contribution >= 4 is 30.3 Å². The Morgan fingerprint density at radius 1 is 1.40 bits per heavy atom. The Bertz CT molecular complexity index is 243. The van der Waals surface area contributed by atoms with Crippen molar-refractivity contribution in [1.29, 1.82) is 0 Å². The first-order chi connectivity index (χ1) is 4.83. The lowest BCUT2D eigenvalue weighted by Crippen LogP contribution is -1.68. The third-order valence-electron chi connectivity index (χ3n) is 1.12. The van der Waals surface area contributed by atoms with Gasteiger partial charge in [0, 0.05) is 5.02 Å². The van der Waals surface area contributed by atoms with Crippen molar-refractivity contribution < 1.29 is 0 Å². The van der Waals surface area contributed by atoms with Crippen LogP contribution in [0.2, 0.25) is 5.02 Å². The lowest BCUT2D eigenvalue weighted by atomic mass is 10.2. The minimum atomic E-state index is 0.754. The van der Waals surface area contributed by atoms with Crippen LogP contribution in [0, 0.1) is 0 Å². The molecule has 1 rings (SSSR count). The van der Waals surface area contributed by atoms with Gasteiger partial charge < -0.3 is 0 Å². The molecule has 0 aliphatic carbocycles. The van der Waals surface area contributed by atoms with E-state index in [1.54, 1.807) is 5.41 Å². The summed E-state index contributed by atoms with van der Waals surface area (Å²) in [5.41, 5.74) is 1.07. The average Bonchev–Trinajstić information content (AvgIpc) is 1.88. The quantitative estimate of drug-likeness (QED) is 0.615. The first kappa shape index (κ1) is 7.70. The van der Waals surface area contributed by atoms with E-state index >= 15 is 0 Å². The van der Waals surface area contributed by atoms with Crippen molar-refractivity contribution in [3.8, 4) is 0 Å². The zero-order valence-electron chi connectivity index (χ0n) is 5.29. The topological polar surface area (TPSA) is 0 Å². The molecule has 0 bridgehead atoms. The molecule has 0 saturated heterocycles. The van der Waals surface area contributed by atoms with Crippen molar-refractivity contribution in [2.24, 2.45) is 0 Å². The van der Waals surface area contributed by atoms with Crippen molar-refractivity contribution in [1.82, 2.24) is 0 Å². The normalized spacial score (nSPS) is 10.6. The van der Waals surface area contributed by atoms with E-state index in [1.807, 2.05) is 30.3 Å². The fourth-order valence-corrected chi connectivity index (χ4v) is 1.07. The van der Waals surface area contributed by atoms with Gasteiger partial charge in [0.15, 0.2) is 0 Å². The Morgan fingerprint density at radius 3 is 2.80 bits per heavy atom. The van der Waals surface area contributed by atoms with Crippen molar-refractivity contribution in [3.63, 3.8) is 0 Å². The Morgan fingerprint density at radius 2 is 2.20 bits per heavy atom. The summed E-state index contributed by atoms with van der Waals surface area (Å²) < 4.78 is 0. The first-order valence-electron chi connectivity index (χ1n) is 2.89. The average molecular weight is 171 g/mol. The van der Waals surface area contributed by atoms with Crippen LogP contribution in [0.25, 0.3) is 6.08 Å². The van der Waals surface area contributed by atoms with Gasteiger partial charge in [0.2, 0.25) is 0 Å². The second-order valence-corrected chi connectivity index (χ2v) is 2.61. The maximum atomic E-state index is 5.72. The van der Waals surface area contributed by atoms with Crippen molar-refractivity contribution in [2.45, 2.75) is 0 Å². The van der Waals surface area contributed by atoms with E-state index in [0.717, 1.165) is 10.6 Å². The molecule has 10 heavy (non-hydrogen) atoms. The second-order valence-electron chi connectivity index (χ2n) is 1.87. The maximum Gasteiger partial charge on any atom is 0.0411 e. The predicted molar refractivity (Wildman–Crippen MR) is 49.5 cm³/mol. The smallest absolute Gasteiger partial charge is 0.0411 e. The van der Waals surface area contributed by atoms with Crippen LogP contribution in [-0.4, -0.2) is 0 Å². The lowest BCUT2D eigenvalue weighted by Gasteiger charge is -1.91. The highest BCUT2D eigenvalue weighted by Crippen LogP contribution is 2.11. The highest BCUT2D eigenvalue weighted by Gasteiger charge is 1.86. The molecular weight excluding hydrogens is 164 g/mol. The second kappa shape index (κ2) is 3.69. The summed E-state index contributed by atoms with van der Waals surface area (Å²) >= 11 is 9.66. The zero-order chi connectivity index (χ0) is 7.40. The number of hydrogen-bond donors (Lipinski definition) is 1. The molecule has 52 valence electrons. The highest BCUT2D eigenvalue weighted by atomic mass is 35.5. The molecule has 2 heteroatoms. The van der Waals surface area contributed by atoms with Crippen molar-refractivity contribution in [3.05, 3.63) is 40.3 Å². The molecule has 0 aromatic heterocycles. The van der Waals surface area contributed by atoms with E-state index in [1.165, 1.54) is 0 Å². The predicted octanol–water partition coefficient (Wildman–Crippen LogP) is 3.24. The number of thiol groups is 1. The fraction of sp³-hybridized carbons (Fsp3) is 0. The molecule has 0 spiro atoms. The Labute approximate surface area is 70.9 Å². The number of benzene rings is 1. The summed E-state index contributed by atoms with van der Waals surface area (Å²) in [6, 6.07) is 7.61. The van der Waals surface area contributed by atoms with Crippen LogP contribution in [-0.2, 0) is 0 Å². The van der Waals surface area contributed by atoms with Gasteiger partial charge in [0.1, 0.15) is 0 Å². The van der Waals surface area contributed by atoms with Gasteiger partial charge in [0.25, 0.3) is 0 Å². The summed E-state index contributed by atoms with van der Waals surface area (Å²) in [5, 5.41) is 2.44. The van der Waals surface area contributed by atoms with E-state index in [4.69, 9.17) is 11.6 Å². The Kier molecular flexibility index (Phi) is 2.84. The molecule has 0 saturated carbocycles. The molecule has 0 nitrogen and oxygen atoms in total. The van der Waals surface area contributed by atoms with Gasteiger partial charge in [-0.1, -0.05) is 23.7 Å². The van der Waals surface area contributed by atoms with Crippen LogP contribution in [0.15, 0.2) is 29.7 Å². The van der Waals surface area contributed by atoms with Gasteiger partial charge in [-0.15, -0.1) is 0 Å². The zero-order valence-corrected chi connectivity index (χ0v) is 6.94. The molecule has 0 aliphatic rings. The minimum absolute atomic E-state index is 0.754. The van der Waals surface area contributed by atoms with Crippen LogP contribution in [0.5, 0.6) is 0 Å². The summed E-state index contributed by atoms with van der Waals surface area (Å²) in [6.45, 7) is 0.